The Balaban J connectivity index is 1.51. The summed E-state index contributed by atoms with van der Waals surface area (Å²) in [6.45, 7) is 2.14. The van der Waals surface area contributed by atoms with Crippen LogP contribution in [0, 0.1) is 0 Å². The van der Waals surface area contributed by atoms with Crippen molar-refractivity contribution in [2.24, 2.45) is 0 Å². The number of para-hydroxylation sites is 1. The second kappa shape index (κ2) is 7.67. The largest absolute Gasteiger partial charge is 0.449 e. The summed E-state index contributed by atoms with van der Waals surface area (Å²) in [4.78, 5) is 41.8. The Morgan fingerprint density at radius 1 is 1.24 bits per heavy atom. The lowest BCUT2D eigenvalue weighted by Gasteiger charge is -2.14. The normalized spacial score (nSPS) is 13.7. The van der Waals surface area contributed by atoms with E-state index in [1.807, 2.05) is 0 Å². The van der Waals surface area contributed by atoms with Crippen LogP contribution in [0.2, 0.25) is 5.02 Å². The standard InChI is InChI=1S/C21H18ClN3O4/c1-12(19(26)24-16-6-3-2-5-15(16)22)29-21(28)13-8-9-14-17(11-13)23-18-7-4-10-25(18)20(14)27/h2-3,5-6,8-9,11-12H,4,7,10H2,1H3,(H,24,26)/t12-/m0/s1. The Bertz CT molecular complexity index is 1190. The zero-order valence-corrected chi connectivity index (χ0v) is 16.4. The minimum atomic E-state index is -1.03. The molecule has 1 aliphatic rings. The van der Waals surface area contributed by atoms with Crippen LogP contribution in [0.4, 0.5) is 5.69 Å². The fourth-order valence-corrected chi connectivity index (χ4v) is 3.47. The number of hydrogen-bond acceptors (Lipinski definition) is 5. The molecule has 1 N–H and O–H groups in total. The first-order valence-corrected chi connectivity index (χ1v) is 9.61. The van der Waals surface area contributed by atoms with Gasteiger partial charge in [-0.2, -0.15) is 0 Å². The molecule has 1 aliphatic heterocycles. The van der Waals surface area contributed by atoms with E-state index in [0.29, 0.717) is 28.2 Å². The number of halogens is 1. The zero-order valence-electron chi connectivity index (χ0n) is 15.6. The van der Waals surface area contributed by atoms with Crippen molar-refractivity contribution in [1.82, 2.24) is 9.55 Å². The highest BCUT2D eigenvalue weighted by molar-refractivity contribution is 6.33. The monoisotopic (exact) mass is 411 g/mol. The van der Waals surface area contributed by atoms with E-state index in [9.17, 15) is 14.4 Å². The van der Waals surface area contributed by atoms with Crippen LogP contribution in [0.25, 0.3) is 10.9 Å². The van der Waals surface area contributed by atoms with Gasteiger partial charge < -0.3 is 10.1 Å². The molecule has 0 saturated carbocycles. The number of rotatable bonds is 4. The third-order valence-corrected chi connectivity index (χ3v) is 5.17. The van der Waals surface area contributed by atoms with Crippen molar-refractivity contribution in [3.63, 3.8) is 0 Å². The zero-order chi connectivity index (χ0) is 20.5. The molecule has 2 aromatic carbocycles. The molecule has 2 heterocycles. The van der Waals surface area contributed by atoms with E-state index < -0.39 is 18.0 Å². The molecule has 0 radical (unpaired) electrons. The van der Waals surface area contributed by atoms with E-state index in [4.69, 9.17) is 16.3 Å². The lowest BCUT2D eigenvalue weighted by Crippen LogP contribution is -2.30. The van der Waals surface area contributed by atoms with E-state index in [1.54, 1.807) is 34.9 Å². The van der Waals surface area contributed by atoms with Crippen LogP contribution >= 0.6 is 11.6 Å². The van der Waals surface area contributed by atoms with Gasteiger partial charge in [0.1, 0.15) is 5.82 Å². The number of ether oxygens (including phenoxy) is 1. The van der Waals surface area contributed by atoms with Gasteiger partial charge in [-0.15, -0.1) is 0 Å². The molecule has 29 heavy (non-hydrogen) atoms. The summed E-state index contributed by atoms with van der Waals surface area (Å²) < 4.78 is 6.95. The van der Waals surface area contributed by atoms with Crippen molar-refractivity contribution < 1.29 is 14.3 Å². The molecule has 1 amide bonds. The molecule has 1 aromatic heterocycles. The van der Waals surface area contributed by atoms with Gasteiger partial charge in [0.05, 0.1) is 27.2 Å². The molecule has 7 nitrogen and oxygen atoms in total. The quantitative estimate of drug-likeness (QED) is 0.666. The number of benzene rings is 2. The molecule has 1 atom stereocenters. The third-order valence-electron chi connectivity index (χ3n) is 4.84. The molecule has 0 spiro atoms. The Hall–Kier alpha value is -3.19. The molecule has 8 heteroatoms. The lowest BCUT2D eigenvalue weighted by atomic mass is 10.1. The van der Waals surface area contributed by atoms with Gasteiger partial charge in [0.2, 0.25) is 0 Å². The van der Waals surface area contributed by atoms with E-state index in [-0.39, 0.29) is 11.1 Å². The van der Waals surface area contributed by atoms with Crippen LogP contribution in [0.1, 0.15) is 29.5 Å². The minimum Gasteiger partial charge on any atom is -0.449 e. The predicted octanol–water partition coefficient (Wildman–Crippen LogP) is 3.18. The van der Waals surface area contributed by atoms with Crippen molar-refractivity contribution in [1.29, 1.82) is 0 Å². The van der Waals surface area contributed by atoms with Crippen molar-refractivity contribution in [3.05, 3.63) is 69.2 Å². The molecule has 0 bridgehead atoms. The van der Waals surface area contributed by atoms with Crippen LogP contribution in [-0.4, -0.2) is 27.5 Å². The van der Waals surface area contributed by atoms with E-state index in [0.717, 1.165) is 18.7 Å². The number of nitrogens with zero attached hydrogens (tertiary/aromatic N) is 2. The number of anilines is 1. The van der Waals surface area contributed by atoms with Crippen molar-refractivity contribution in [3.8, 4) is 0 Å². The van der Waals surface area contributed by atoms with E-state index in [2.05, 4.69) is 10.3 Å². The van der Waals surface area contributed by atoms with Crippen molar-refractivity contribution >= 4 is 40.1 Å². The van der Waals surface area contributed by atoms with E-state index in [1.165, 1.54) is 19.1 Å². The van der Waals surface area contributed by atoms with Gasteiger partial charge in [0, 0.05) is 13.0 Å². The smallest absolute Gasteiger partial charge is 0.338 e. The summed E-state index contributed by atoms with van der Waals surface area (Å²) >= 11 is 6.03. The van der Waals surface area contributed by atoms with Gasteiger partial charge in [-0.1, -0.05) is 23.7 Å². The summed E-state index contributed by atoms with van der Waals surface area (Å²) in [5, 5.41) is 3.47. The number of hydrogen-bond donors (Lipinski definition) is 1. The van der Waals surface area contributed by atoms with E-state index >= 15 is 0 Å². The molecule has 0 unspecified atom stereocenters. The maximum absolute atomic E-state index is 12.5. The second-order valence-corrected chi connectivity index (χ2v) is 7.24. The highest BCUT2D eigenvalue weighted by atomic mass is 35.5. The topological polar surface area (TPSA) is 90.3 Å². The van der Waals surface area contributed by atoms with Gasteiger partial charge in [-0.25, -0.2) is 9.78 Å². The number of carbonyl (C=O) groups is 2. The summed E-state index contributed by atoms with van der Waals surface area (Å²) in [5.41, 5.74) is 1.01. The van der Waals surface area contributed by atoms with Crippen LogP contribution in [0.5, 0.6) is 0 Å². The molecule has 4 rings (SSSR count). The fourth-order valence-electron chi connectivity index (χ4n) is 3.29. The van der Waals surface area contributed by atoms with Gasteiger partial charge >= 0.3 is 5.97 Å². The molecule has 0 aliphatic carbocycles. The predicted molar refractivity (Wildman–Crippen MR) is 109 cm³/mol. The highest BCUT2D eigenvalue weighted by Gasteiger charge is 2.21. The Kier molecular flexibility index (Phi) is 5.07. The van der Waals surface area contributed by atoms with Crippen LogP contribution in [0.3, 0.4) is 0 Å². The number of amides is 1. The summed E-state index contributed by atoms with van der Waals surface area (Å²) in [7, 11) is 0. The summed E-state index contributed by atoms with van der Waals surface area (Å²) in [5.74, 6) is -0.446. The molecular weight excluding hydrogens is 394 g/mol. The number of esters is 1. The van der Waals surface area contributed by atoms with Gasteiger partial charge in [0.25, 0.3) is 11.5 Å². The summed E-state index contributed by atoms with van der Waals surface area (Å²) in [6, 6.07) is 11.4. The minimum absolute atomic E-state index is 0.102. The first-order valence-electron chi connectivity index (χ1n) is 9.24. The molecule has 0 saturated heterocycles. The molecule has 3 aromatic rings. The van der Waals surface area contributed by atoms with Gasteiger partial charge in [-0.05, 0) is 43.7 Å². The SMILES string of the molecule is C[C@H](OC(=O)c1ccc2c(=O)n3c(nc2c1)CCC3)C(=O)Nc1ccccc1Cl. The van der Waals surface area contributed by atoms with Crippen molar-refractivity contribution in [2.75, 3.05) is 5.32 Å². The fraction of sp³-hybridized carbons (Fsp3) is 0.238. The molecular formula is C21H18ClN3O4. The average molecular weight is 412 g/mol. The molecule has 0 fully saturated rings. The first-order chi connectivity index (χ1) is 13.9. The summed E-state index contributed by atoms with van der Waals surface area (Å²) in [6.07, 6.45) is 0.582. The number of carbonyl (C=O) groups excluding carboxylic acids is 2. The third kappa shape index (κ3) is 3.73. The Labute approximate surface area is 171 Å². The number of fused-ring (bicyclic) bond motifs is 2. The van der Waals surface area contributed by atoms with Crippen LogP contribution in [-0.2, 0) is 22.5 Å². The maximum Gasteiger partial charge on any atom is 0.338 e. The average Bonchev–Trinajstić information content (AvgIpc) is 3.18. The highest BCUT2D eigenvalue weighted by Crippen LogP contribution is 2.21. The van der Waals surface area contributed by atoms with Gasteiger partial charge in [0.15, 0.2) is 6.10 Å². The first kappa shape index (κ1) is 19.1. The lowest BCUT2D eigenvalue weighted by molar-refractivity contribution is -0.123. The second-order valence-electron chi connectivity index (χ2n) is 6.84. The number of nitrogens with one attached hydrogen (secondary N) is 1. The number of aryl methyl sites for hydroxylation is 1. The molecule has 148 valence electrons. The van der Waals surface area contributed by atoms with Crippen LogP contribution in [0.15, 0.2) is 47.3 Å². The Morgan fingerprint density at radius 2 is 2.03 bits per heavy atom. The van der Waals surface area contributed by atoms with Gasteiger partial charge in [-0.3, -0.25) is 14.2 Å². The van der Waals surface area contributed by atoms with Crippen LogP contribution < -0.4 is 10.9 Å². The Morgan fingerprint density at radius 3 is 2.83 bits per heavy atom. The van der Waals surface area contributed by atoms with Crippen molar-refractivity contribution in [2.45, 2.75) is 32.4 Å². The maximum atomic E-state index is 12.5. The number of aromatic nitrogens is 2.